The molecule has 138 valence electrons. The molecule has 0 aromatic carbocycles. The van der Waals surface area contributed by atoms with Crippen molar-refractivity contribution in [2.45, 2.75) is 43.7 Å². The van der Waals surface area contributed by atoms with Crippen LogP contribution in [0.2, 0.25) is 0 Å². The number of hydrogen-bond donors (Lipinski definition) is 0. The third kappa shape index (κ3) is 3.96. The van der Waals surface area contributed by atoms with E-state index in [0.29, 0.717) is 6.04 Å². The van der Waals surface area contributed by atoms with E-state index < -0.39 is 0 Å². The molecule has 0 amide bonds. The molecule has 4 rings (SSSR count). The molecule has 4 heterocycles. The van der Waals surface area contributed by atoms with Gasteiger partial charge in [0.2, 0.25) is 5.95 Å². The molecule has 6 nitrogen and oxygen atoms in total. The van der Waals surface area contributed by atoms with Crippen molar-refractivity contribution in [3.8, 4) is 0 Å². The molecule has 0 radical (unpaired) electrons. The summed E-state index contributed by atoms with van der Waals surface area (Å²) in [4.78, 5) is 13.6. The van der Waals surface area contributed by atoms with Crippen molar-refractivity contribution in [1.29, 1.82) is 0 Å². The monoisotopic (exact) mass is 346 g/mol. The van der Waals surface area contributed by atoms with E-state index in [1.165, 1.54) is 38.8 Å². The van der Waals surface area contributed by atoms with Crippen LogP contribution in [-0.2, 0) is 9.47 Å². The fraction of sp³-hybridized carbons (Fsp3) is 0.789. The third-order valence-electron chi connectivity index (χ3n) is 6.08. The number of hydrogen-bond acceptors (Lipinski definition) is 6. The van der Waals surface area contributed by atoms with E-state index in [2.05, 4.69) is 26.8 Å². The van der Waals surface area contributed by atoms with E-state index in [1.807, 2.05) is 6.07 Å². The van der Waals surface area contributed by atoms with Gasteiger partial charge in [-0.05, 0) is 44.2 Å². The highest BCUT2D eigenvalue weighted by Crippen LogP contribution is 2.37. The van der Waals surface area contributed by atoms with Crippen LogP contribution in [0.5, 0.6) is 0 Å². The van der Waals surface area contributed by atoms with Crippen molar-refractivity contribution in [1.82, 2.24) is 14.9 Å². The summed E-state index contributed by atoms with van der Waals surface area (Å²) in [5.41, 5.74) is 0.0249. The molecule has 0 saturated carbocycles. The molecule has 1 aromatic heterocycles. The molecule has 0 bridgehead atoms. The molecule has 0 N–H and O–H groups in total. The quantitative estimate of drug-likeness (QED) is 0.831. The molecule has 1 spiro atoms. The van der Waals surface area contributed by atoms with Crippen LogP contribution in [0.3, 0.4) is 0 Å². The van der Waals surface area contributed by atoms with E-state index >= 15 is 0 Å². The van der Waals surface area contributed by atoms with Gasteiger partial charge in [-0.1, -0.05) is 0 Å². The molecule has 3 fully saturated rings. The Balaban J connectivity index is 1.35. The Kier molecular flexibility index (Phi) is 5.20. The summed E-state index contributed by atoms with van der Waals surface area (Å²) >= 11 is 0. The molecule has 2 atom stereocenters. The summed E-state index contributed by atoms with van der Waals surface area (Å²) in [5.74, 6) is 1.59. The van der Waals surface area contributed by atoms with Gasteiger partial charge in [0, 0.05) is 52.2 Å². The van der Waals surface area contributed by atoms with Crippen LogP contribution >= 0.6 is 0 Å². The van der Waals surface area contributed by atoms with Crippen LogP contribution < -0.4 is 4.90 Å². The highest BCUT2D eigenvalue weighted by Gasteiger charge is 2.45. The van der Waals surface area contributed by atoms with Gasteiger partial charge < -0.3 is 19.3 Å². The zero-order valence-electron chi connectivity index (χ0n) is 15.3. The van der Waals surface area contributed by atoms with Gasteiger partial charge in [0.05, 0.1) is 18.2 Å². The van der Waals surface area contributed by atoms with Crippen molar-refractivity contribution in [2.24, 2.45) is 5.92 Å². The fourth-order valence-electron chi connectivity index (χ4n) is 4.63. The highest BCUT2D eigenvalue weighted by atomic mass is 16.5. The minimum Gasteiger partial charge on any atom is -0.381 e. The fourth-order valence-corrected chi connectivity index (χ4v) is 4.63. The Morgan fingerprint density at radius 3 is 2.88 bits per heavy atom. The SMILES string of the molecule is CN(c1ncccn1)[C@H]1CO[C@@]2(CCCN(CC3CCOCC3)C2)C1. The van der Waals surface area contributed by atoms with E-state index in [4.69, 9.17) is 9.47 Å². The number of piperidine rings is 1. The smallest absolute Gasteiger partial charge is 0.225 e. The molecule has 25 heavy (non-hydrogen) atoms. The lowest BCUT2D eigenvalue weighted by Gasteiger charge is -2.41. The molecular formula is C19H30N4O2. The molecular weight excluding hydrogens is 316 g/mol. The molecule has 0 aliphatic carbocycles. The number of ether oxygens (including phenoxy) is 2. The predicted molar refractivity (Wildman–Crippen MR) is 96.7 cm³/mol. The lowest BCUT2D eigenvalue weighted by atomic mass is 9.87. The maximum atomic E-state index is 6.39. The van der Waals surface area contributed by atoms with Gasteiger partial charge in [-0.15, -0.1) is 0 Å². The molecule has 6 heteroatoms. The Morgan fingerprint density at radius 2 is 2.08 bits per heavy atom. The van der Waals surface area contributed by atoms with Crippen LogP contribution in [0.4, 0.5) is 5.95 Å². The van der Waals surface area contributed by atoms with Gasteiger partial charge >= 0.3 is 0 Å². The zero-order chi connectivity index (χ0) is 17.1. The minimum atomic E-state index is 0.0249. The highest BCUT2D eigenvalue weighted by molar-refractivity contribution is 5.30. The second-order valence-electron chi connectivity index (χ2n) is 7.91. The molecule has 3 saturated heterocycles. The number of nitrogens with zero attached hydrogens (tertiary/aromatic N) is 4. The van der Waals surface area contributed by atoms with E-state index in [-0.39, 0.29) is 5.60 Å². The number of rotatable bonds is 4. The average molecular weight is 346 g/mol. The number of aromatic nitrogens is 2. The van der Waals surface area contributed by atoms with Crippen LogP contribution in [0.25, 0.3) is 0 Å². The van der Waals surface area contributed by atoms with Crippen molar-refractivity contribution in [3.05, 3.63) is 18.5 Å². The van der Waals surface area contributed by atoms with Gasteiger partial charge in [0.1, 0.15) is 0 Å². The van der Waals surface area contributed by atoms with Gasteiger partial charge in [-0.3, -0.25) is 0 Å². The predicted octanol–water partition coefficient (Wildman–Crippen LogP) is 1.96. The average Bonchev–Trinajstić information content (AvgIpc) is 3.06. The normalized spacial score (nSPS) is 31.5. The van der Waals surface area contributed by atoms with Crippen molar-refractivity contribution >= 4 is 5.95 Å². The topological polar surface area (TPSA) is 50.7 Å². The minimum absolute atomic E-state index is 0.0249. The van der Waals surface area contributed by atoms with Crippen LogP contribution in [-0.4, -0.2) is 73.0 Å². The Hall–Kier alpha value is -1.24. The van der Waals surface area contributed by atoms with Crippen LogP contribution in [0.1, 0.15) is 32.1 Å². The van der Waals surface area contributed by atoms with E-state index in [0.717, 1.165) is 44.7 Å². The van der Waals surface area contributed by atoms with Crippen LogP contribution in [0.15, 0.2) is 18.5 Å². The summed E-state index contributed by atoms with van der Waals surface area (Å²) in [5, 5.41) is 0. The summed E-state index contributed by atoms with van der Waals surface area (Å²) < 4.78 is 11.9. The third-order valence-corrected chi connectivity index (χ3v) is 6.08. The lowest BCUT2D eigenvalue weighted by Crippen LogP contribution is -2.50. The largest absolute Gasteiger partial charge is 0.381 e. The molecule has 0 unspecified atom stereocenters. The molecule has 3 aliphatic rings. The number of likely N-dealkylation sites (tertiary alicyclic amines) is 1. The van der Waals surface area contributed by atoms with Crippen LogP contribution in [0, 0.1) is 5.92 Å². The second-order valence-corrected chi connectivity index (χ2v) is 7.91. The summed E-state index contributed by atoms with van der Waals surface area (Å²) in [7, 11) is 2.09. The molecule has 1 aromatic rings. The van der Waals surface area contributed by atoms with Crippen molar-refractivity contribution in [2.75, 3.05) is 51.4 Å². The lowest BCUT2D eigenvalue weighted by molar-refractivity contribution is -0.0580. The maximum absolute atomic E-state index is 6.39. The Bertz CT molecular complexity index is 552. The first-order valence-electron chi connectivity index (χ1n) is 9.68. The Labute approximate surface area is 150 Å². The summed E-state index contributed by atoms with van der Waals surface area (Å²) in [6, 6.07) is 2.23. The van der Waals surface area contributed by atoms with Gasteiger partial charge in [-0.25, -0.2) is 9.97 Å². The number of likely N-dealkylation sites (N-methyl/N-ethyl adjacent to an activating group) is 1. The van der Waals surface area contributed by atoms with Crippen molar-refractivity contribution in [3.63, 3.8) is 0 Å². The standard InChI is InChI=1S/C19H30N4O2/c1-22(18-20-7-3-8-21-18)17-12-19(25-14-17)6-2-9-23(15-19)13-16-4-10-24-11-5-16/h3,7-8,16-17H,2,4-6,9-15H2,1H3/t17-,19+/m1/s1. The zero-order valence-corrected chi connectivity index (χ0v) is 15.3. The Morgan fingerprint density at radius 1 is 1.28 bits per heavy atom. The molecule has 3 aliphatic heterocycles. The first-order valence-corrected chi connectivity index (χ1v) is 9.68. The first kappa shape index (κ1) is 17.2. The summed E-state index contributed by atoms with van der Waals surface area (Å²) in [6.45, 7) is 6.14. The van der Waals surface area contributed by atoms with E-state index in [1.54, 1.807) is 12.4 Å². The van der Waals surface area contributed by atoms with E-state index in [9.17, 15) is 0 Å². The van der Waals surface area contributed by atoms with Gasteiger partial charge in [0.25, 0.3) is 0 Å². The maximum Gasteiger partial charge on any atom is 0.225 e. The van der Waals surface area contributed by atoms with Crippen molar-refractivity contribution < 1.29 is 9.47 Å². The number of anilines is 1. The first-order chi connectivity index (χ1) is 12.2. The summed E-state index contributed by atoms with van der Waals surface area (Å²) in [6.07, 6.45) is 9.52. The van der Waals surface area contributed by atoms with Gasteiger partial charge in [0.15, 0.2) is 0 Å². The second kappa shape index (κ2) is 7.56. The van der Waals surface area contributed by atoms with Gasteiger partial charge in [-0.2, -0.15) is 0 Å².